The van der Waals surface area contributed by atoms with Crippen LogP contribution in [0.5, 0.6) is 0 Å². The van der Waals surface area contributed by atoms with Crippen molar-refractivity contribution < 1.29 is 0 Å². The number of nitrogens with zero attached hydrogens (tertiary/aromatic N) is 5. The maximum atomic E-state index is 4.55. The van der Waals surface area contributed by atoms with Gasteiger partial charge >= 0.3 is 0 Å². The lowest BCUT2D eigenvalue weighted by Gasteiger charge is -2.27. The summed E-state index contributed by atoms with van der Waals surface area (Å²) in [6, 6.07) is 3.81. The average Bonchev–Trinajstić information content (AvgIpc) is 2.49. The monoisotopic (exact) mass is 242 g/mol. The zero-order valence-electron chi connectivity index (χ0n) is 9.95. The molecule has 6 heteroatoms. The molecule has 0 bridgehead atoms. The van der Waals surface area contributed by atoms with Crippen molar-refractivity contribution >= 4 is 5.82 Å². The molecule has 1 saturated heterocycles. The van der Waals surface area contributed by atoms with E-state index in [9.17, 15) is 0 Å². The van der Waals surface area contributed by atoms with Gasteiger partial charge in [0, 0.05) is 44.1 Å². The lowest BCUT2D eigenvalue weighted by molar-refractivity contribution is 0.583. The van der Waals surface area contributed by atoms with Crippen LogP contribution in [0.2, 0.25) is 0 Å². The maximum absolute atomic E-state index is 4.55. The van der Waals surface area contributed by atoms with Crippen molar-refractivity contribution in [3.63, 3.8) is 0 Å². The number of piperazine rings is 1. The standard InChI is InChI=1S/C12H14N6/c1-2-10(8-14-3-1)12-16-11(9-15-17-12)18-6-4-13-5-7-18/h1-3,8-9,13H,4-7H2. The summed E-state index contributed by atoms with van der Waals surface area (Å²) in [4.78, 5) is 10.8. The van der Waals surface area contributed by atoms with Crippen LogP contribution in [-0.4, -0.2) is 46.3 Å². The minimum absolute atomic E-state index is 0.624. The van der Waals surface area contributed by atoms with Gasteiger partial charge in [-0.15, -0.1) is 5.10 Å². The van der Waals surface area contributed by atoms with Crippen LogP contribution in [0.1, 0.15) is 0 Å². The van der Waals surface area contributed by atoms with Gasteiger partial charge in [0.05, 0.1) is 6.20 Å². The zero-order chi connectivity index (χ0) is 12.2. The Morgan fingerprint density at radius 1 is 1.17 bits per heavy atom. The molecule has 92 valence electrons. The number of hydrogen-bond acceptors (Lipinski definition) is 6. The molecule has 3 heterocycles. The van der Waals surface area contributed by atoms with E-state index in [2.05, 4.69) is 30.4 Å². The summed E-state index contributed by atoms with van der Waals surface area (Å²) in [5.74, 6) is 1.50. The molecule has 0 unspecified atom stereocenters. The molecule has 18 heavy (non-hydrogen) atoms. The van der Waals surface area contributed by atoms with Gasteiger partial charge in [-0.1, -0.05) is 0 Å². The first-order chi connectivity index (χ1) is 8.93. The van der Waals surface area contributed by atoms with Crippen molar-refractivity contribution in [1.82, 2.24) is 25.5 Å². The molecule has 1 aliphatic rings. The van der Waals surface area contributed by atoms with Crippen molar-refractivity contribution in [1.29, 1.82) is 0 Å². The average molecular weight is 242 g/mol. The van der Waals surface area contributed by atoms with Crippen molar-refractivity contribution in [3.05, 3.63) is 30.7 Å². The summed E-state index contributed by atoms with van der Waals surface area (Å²) in [5, 5.41) is 11.4. The van der Waals surface area contributed by atoms with Crippen LogP contribution in [0.25, 0.3) is 11.4 Å². The fraction of sp³-hybridized carbons (Fsp3) is 0.333. The normalized spacial score (nSPS) is 15.7. The van der Waals surface area contributed by atoms with E-state index in [4.69, 9.17) is 0 Å². The third-order valence-electron chi connectivity index (χ3n) is 2.91. The third-order valence-corrected chi connectivity index (χ3v) is 2.91. The number of nitrogens with one attached hydrogen (secondary N) is 1. The lowest BCUT2D eigenvalue weighted by Crippen LogP contribution is -2.44. The van der Waals surface area contributed by atoms with E-state index in [0.29, 0.717) is 5.82 Å². The van der Waals surface area contributed by atoms with Gasteiger partial charge in [0.2, 0.25) is 0 Å². The highest BCUT2D eigenvalue weighted by Crippen LogP contribution is 2.16. The molecule has 1 fully saturated rings. The number of hydrogen-bond donors (Lipinski definition) is 1. The molecule has 0 saturated carbocycles. The van der Waals surface area contributed by atoms with Gasteiger partial charge < -0.3 is 10.2 Å². The predicted octanol–water partition coefficient (Wildman–Crippen LogP) is 0.343. The van der Waals surface area contributed by atoms with E-state index >= 15 is 0 Å². The van der Waals surface area contributed by atoms with Crippen LogP contribution in [0.4, 0.5) is 5.82 Å². The van der Waals surface area contributed by atoms with E-state index in [1.54, 1.807) is 18.6 Å². The Bertz CT molecular complexity index is 509. The molecule has 0 spiro atoms. The largest absolute Gasteiger partial charge is 0.353 e. The molecule has 2 aromatic rings. The molecule has 1 N–H and O–H groups in total. The molecular formula is C12H14N6. The van der Waals surface area contributed by atoms with Crippen molar-refractivity contribution in [2.45, 2.75) is 0 Å². The van der Waals surface area contributed by atoms with E-state index in [1.165, 1.54) is 0 Å². The zero-order valence-corrected chi connectivity index (χ0v) is 9.95. The third kappa shape index (κ3) is 2.28. The summed E-state index contributed by atoms with van der Waals surface area (Å²) in [6.45, 7) is 3.86. The second-order valence-corrected chi connectivity index (χ2v) is 4.12. The Balaban J connectivity index is 1.89. The van der Waals surface area contributed by atoms with E-state index in [0.717, 1.165) is 37.6 Å². The van der Waals surface area contributed by atoms with Crippen LogP contribution in [0, 0.1) is 0 Å². The molecule has 0 atom stereocenters. The first-order valence-corrected chi connectivity index (χ1v) is 5.99. The number of aromatic nitrogens is 4. The highest BCUT2D eigenvalue weighted by molar-refractivity contribution is 5.54. The van der Waals surface area contributed by atoms with Gasteiger partial charge in [-0.3, -0.25) is 4.98 Å². The van der Waals surface area contributed by atoms with Gasteiger partial charge in [-0.2, -0.15) is 5.10 Å². The predicted molar refractivity (Wildman–Crippen MR) is 68.1 cm³/mol. The maximum Gasteiger partial charge on any atom is 0.185 e. The molecule has 0 aliphatic carbocycles. The number of rotatable bonds is 2. The Morgan fingerprint density at radius 3 is 2.83 bits per heavy atom. The van der Waals surface area contributed by atoms with Crippen molar-refractivity contribution in [3.8, 4) is 11.4 Å². The smallest absolute Gasteiger partial charge is 0.185 e. The second kappa shape index (κ2) is 5.05. The minimum Gasteiger partial charge on any atom is -0.353 e. The van der Waals surface area contributed by atoms with Gasteiger partial charge in [-0.25, -0.2) is 4.98 Å². The summed E-state index contributed by atoms with van der Waals surface area (Å²) < 4.78 is 0. The SMILES string of the molecule is c1cncc(-c2nncc(N3CCNCC3)n2)c1. The summed E-state index contributed by atoms with van der Waals surface area (Å²) in [6.07, 6.45) is 5.20. The van der Waals surface area contributed by atoms with Gasteiger partial charge in [0.15, 0.2) is 11.6 Å². The Morgan fingerprint density at radius 2 is 2.06 bits per heavy atom. The Labute approximate surface area is 105 Å². The highest BCUT2D eigenvalue weighted by Gasteiger charge is 2.13. The van der Waals surface area contributed by atoms with Gasteiger partial charge in [0.1, 0.15) is 0 Å². The summed E-state index contributed by atoms with van der Waals surface area (Å²) in [5.41, 5.74) is 0.891. The molecular weight excluding hydrogens is 228 g/mol. The highest BCUT2D eigenvalue weighted by atomic mass is 15.3. The van der Waals surface area contributed by atoms with Crippen LogP contribution in [0.15, 0.2) is 30.7 Å². The van der Waals surface area contributed by atoms with Crippen molar-refractivity contribution in [2.24, 2.45) is 0 Å². The minimum atomic E-state index is 0.624. The summed E-state index contributed by atoms with van der Waals surface area (Å²) in [7, 11) is 0. The topological polar surface area (TPSA) is 66.8 Å². The molecule has 3 rings (SSSR count). The number of pyridine rings is 1. The number of anilines is 1. The van der Waals surface area contributed by atoms with Crippen LogP contribution in [0.3, 0.4) is 0 Å². The van der Waals surface area contributed by atoms with E-state index in [1.807, 2.05) is 12.1 Å². The van der Waals surface area contributed by atoms with Gasteiger partial charge in [0.25, 0.3) is 0 Å². The Hall–Kier alpha value is -2.08. The van der Waals surface area contributed by atoms with E-state index < -0.39 is 0 Å². The van der Waals surface area contributed by atoms with Crippen LogP contribution < -0.4 is 10.2 Å². The first kappa shape index (κ1) is 11.0. The molecule has 0 radical (unpaired) electrons. The fourth-order valence-corrected chi connectivity index (χ4v) is 1.96. The van der Waals surface area contributed by atoms with Gasteiger partial charge in [-0.05, 0) is 12.1 Å². The molecule has 6 nitrogen and oxygen atoms in total. The summed E-state index contributed by atoms with van der Waals surface area (Å²) >= 11 is 0. The van der Waals surface area contributed by atoms with Crippen LogP contribution >= 0.6 is 0 Å². The molecule has 2 aromatic heterocycles. The quantitative estimate of drug-likeness (QED) is 0.819. The molecule has 0 amide bonds. The molecule has 0 aromatic carbocycles. The van der Waals surface area contributed by atoms with Crippen LogP contribution in [-0.2, 0) is 0 Å². The van der Waals surface area contributed by atoms with Crippen molar-refractivity contribution in [2.75, 3.05) is 31.1 Å². The lowest BCUT2D eigenvalue weighted by atomic mass is 10.3. The molecule has 1 aliphatic heterocycles. The Kier molecular flexibility index (Phi) is 3.10. The first-order valence-electron chi connectivity index (χ1n) is 5.99. The van der Waals surface area contributed by atoms with E-state index in [-0.39, 0.29) is 0 Å². The second-order valence-electron chi connectivity index (χ2n) is 4.12. The fourth-order valence-electron chi connectivity index (χ4n) is 1.96.